The Hall–Kier alpha value is -1.56. The Morgan fingerprint density at radius 2 is 1.61 bits per heavy atom. The van der Waals surface area contributed by atoms with Crippen LogP contribution in [-0.4, -0.2) is 40.8 Å². The van der Waals surface area contributed by atoms with E-state index in [1.54, 1.807) is 34.6 Å². The van der Waals surface area contributed by atoms with Gasteiger partial charge in [0.2, 0.25) is 0 Å². The lowest BCUT2D eigenvalue weighted by atomic mass is 9.77. The first kappa shape index (κ1) is 19.5. The highest BCUT2D eigenvalue weighted by atomic mass is 79.9. The lowest BCUT2D eigenvalue weighted by Gasteiger charge is -2.38. The van der Waals surface area contributed by atoms with Crippen LogP contribution in [0.2, 0.25) is 0 Å². The number of nitrogens with zero attached hydrogens (tertiary/aromatic N) is 1. The monoisotopic (exact) mass is 385 g/mol. The summed E-state index contributed by atoms with van der Waals surface area (Å²) in [7, 11) is 1.45. The Morgan fingerprint density at radius 1 is 1.13 bits per heavy atom. The number of amides is 1. The number of halogens is 1. The molecule has 0 aliphatic heterocycles. The van der Waals surface area contributed by atoms with Crippen molar-refractivity contribution in [2.75, 3.05) is 7.05 Å². The van der Waals surface area contributed by atoms with E-state index < -0.39 is 29.1 Å². The summed E-state index contributed by atoms with van der Waals surface area (Å²) in [6.45, 7) is 8.84. The zero-order valence-electron chi connectivity index (χ0n) is 14.4. The number of benzene rings is 1. The van der Waals surface area contributed by atoms with E-state index in [2.05, 4.69) is 15.9 Å². The van der Waals surface area contributed by atoms with Crippen molar-refractivity contribution in [1.29, 1.82) is 0 Å². The largest absolute Gasteiger partial charge is 0.480 e. The molecule has 1 aromatic carbocycles. The summed E-state index contributed by atoms with van der Waals surface area (Å²) in [6, 6.07) is 6.34. The number of hydrogen-bond acceptors (Lipinski definition) is 3. The maximum absolute atomic E-state index is 12.3. The predicted octanol–water partition coefficient (Wildman–Crippen LogP) is 4.05. The number of carboxylic acids is 1. The maximum atomic E-state index is 12.3. The first-order chi connectivity index (χ1) is 10.4. The van der Waals surface area contributed by atoms with Gasteiger partial charge in [-0.05, 0) is 38.5 Å². The van der Waals surface area contributed by atoms with E-state index in [4.69, 9.17) is 4.74 Å². The van der Waals surface area contributed by atoms with Gasteiger partial charge >= 0.3 is 12.1 Å². The average molecular weight is 386 g/mol. The lowest BCUT2D eigenvalue weighted by Crippen LogP contribution is -2.54. The number of likely N-dealkylation sites (N-methyl/N-ethyl adjacent to an activating group) is 1. The fraction of sp³-hybridized carbons (Fsp3) is 0.529. The fourth-order valence-corrected chi connectivity index (χ4v) is 2.70. The lowest BCUT2D eigenvalue weighted by molar-refractivity contribution is -0.145. The van der Waals surface area contributed by atoms with Crippen LogP contribution in [0.5, 0.6) is 0 Å². The molecule has 0 radical (unpaired) electrons. The van der Waals surface area contributed by atoms with Crippen LogP contribution in [0.1, 0.15) is 40.2 Å². The Kier molecular flexibility index (Phi) is 5.85. The van der Waals surface area contributed by atoms with Crippen LogP contribution in [0, 0.1) is 0 Å². The molecule has 0 heterocycles. The van der Waals surface area contributed by atoms with Crippen molar-refractivity contribution >= 4 is 28.0 Å². The molecule has 0 saturated carbocycles. The van der Waals surface area contributed by atoms with Gasteiger partial charge in [-0.2, -0.15) is 0 Å². The minimum atomic E-state index is -1.08. The molecule has 1 rings (SSSR count). The van der Waals surface area contributed by atoms with Gasteiger partial charge in [-0.1, -0.05) is 41.9 Å². The number of carboxylic acid groups (broad SMARTS) is 1. The summed E-state index contributed by atoms with van der Waals surface area (Å²) in [4.78, 5) is 25.3. The standard InChI is InChI=1S/C17H24BrNO4/c1-16(2,3)23-15(22)19(6)13(14(20)21)17(4,5)11-7-9-12(18)10-8-11/h7-10,13H,1-6H3,(H,20,21)/t13-/m1/s1. The van der Waals surface area contributed by atoms with Crippen LogP contribution in [0.25, 0.3) is 0 Å². The van der Waals surface area contributed by atoms with Crippen LogP contribution < -0.4 is 0 Å². The van der Waals surface area contributed by atoms with Gasteiger partial charge in [-0.25, -0.2) is 9.59 Å². The van der Waals surface area contributed by atoms with Crippen LogP contribution in [0.3, 0.4) is 0 Å². The van der Waals surface area contributed by atoms with Crippen molar-refractivity contribution in [1.82, 2.24) is 4.90 Å². The second-order valence-electron chi connectivity index (χ2n) is 7.06. The number of carbonyl (C=O) groups is 2. The third-order valence-electron chi connectivity index (χ3n) is 3.57. The molecule has 1 aromatic rings. The summed E-state index contributed by atoms with van der Waals surface area (Å²) in [5, 5.41) is 9.68. The normalized spacial score (nSPS) is 13.3. The molecule has 0 fully saturated rings. The number of aliphatic carboxylic acids is 1. The molecule has 0 unspecified atom stereocenters. The summed E-state index contributed by atoms with van der Waals surface area (Å²) >= 11 is 3.36. The van der Waals surface area contributed by atoms with E-state index >= 15 is 0 Å². The van der Waals surface area contributed by atoms with Gasteiger partial charge < -0.3 is 9.84 Å². The van der Waals surface area contributed by atoms with Gasteiger partial charge in [-0.3, -0.25) is 4.90 Å². The van der Waals surface area contributed by atoms with Crippen molar-refractivity contribution in [3.63, 3.8) is 0 Å². The van der Waals surface area contributed by atoms with Gasteiger partial charge in [0, 0.05) is 16.9 Å². The van der Waals surface area contributed by atoms with Crippen LogP contribution in [0.15, 0.2) is 28.7 Å². The molecule has 5 nitrogen and oxygen atoms in total. The maximum Gasteiger partial charge on any atom is 0.410 e. The molecule has 1 N–H and O–H groups in total. The molecule has 0 aliphatic rings. The number of ether oxygens (including phenoxy) is 1. The summed E-state index contributed by atoms with van der Waals surface area (Å²) in [5.41, 5.74) is -0.655. The van der Waals surface area contributed by atoms with E-state index in [1.165, 1.54) is 7.05 Å². The van der Waals surface area contributed by atoms with Crippen LogP contribution in [-0.2, 0) is 14.9 Å². The average Bonchev–Trinajstić information content (AvgIpc) is 2.36. The van der Waals surface area contributed by atoms with E-state index in [-0.39, 0.29) is 0 Å². The molecular formula is C17H24BrNO4. The molecule has 0 spiro atoms. The second-order valence-corrected chi connectivity index (χ2v) is 7.98. The van der Waals surface area contributed by atoms with E-state index in [9.17, 15) is 14.7 Å². The molecule has 0 bridgehead atoms. The van der Waals surface area contributed by atoms with Crippen molar-refractivity contribution in [2.45, 2.75) is 51.7 Å². The number of carbonyl (C=O) groups excluding carboxylic acids is 1. The van der Waals surface area contributed by atoms with Gasteiger partial charge in [0.05, 0.1) is 0 Å². The highest BCUT2D eigenvalue weighted by molar-refractivity contribution is 9.10. The van der Waals surface area contributed by atoms with Gasteiger partial charge in [0.25, 0.3) is 0 Å². The highest BCUT2D eigenvalue weighted by Gasteiger charge is 2.42. The molecule has 0 saturated heterocycles. The highest BCUT2D eigenvalue weighted by Crippen LogP contribution is 2.32. The molecule has 0 aromatic heterocycles. The number of hydrogen-bond donors (Lipinski definition) is 1. The number of rotatable bonds is 4. The van der Waals surface area contributed by atoms with Gasteiger partial charge in [-0.15, -0.1) is 0 Å². The zero-order chi connectivity index (χ0) is 18.0. The molecule has 1 amide bonds. The molecule has 23 heavy (non-hydrogen) atoms. The van der Waals surface area contributed by atoms with Crippen molar-refractivity contribution in [3.05, 3.63) is 34.3 Å². The Balaban J connectivity index is 3.16. The van der Waals surface area contributed by atoms with Crippen LogP contribution in [0.4, 0.5) is 4.79 Å². The SMILES string of the molecule is CN(C(=O)OC(C)(C)C)[C@H](C(=O)O)C(C)(C)c1ccc(Br)cc1. The first-order valence-electron chi connectivity index (χ1n) is 7.31. The fourth-order valence-electron chi connectivity index (χ4n) is 2.44. The van der Waals surface area contributed by atoms with Gasteiger partial charge in [0.15, 0.2) is 0 Å². The van der Waals surface area contributed by atoms with Gasteiger partial charge in [0.1, 0.15) is 11.6 Å². The second kappa shape index (κ2) is 6.91. The van der Waals surface area contributed by atoms with E-state index in [0.29, 0.717) is 0 Å². The summed E-state index contributed by atoms with van der Waals surface area (Å²) in [5.74, 6) is -1.08. The van der Waals surface area contributed by atoms with E-state index in [0.717, 1.165) is 14.9 Å². The Morgan fingerprint density at radius 3 is 2.00 bits per heavy atom. The van der Waals surface area contributed by atoms with Crippen molar-refractivity contribution in [2.24, 2.45) is 0 Å². The molecular weight excluding hydrogens is 362 g/mol. The zero-order valence-corrected chi connectivity index (χ0v) is 16.0. The Bertz CT molecular complexity index is 575. The first-order valence-corrected chi connectivity index (χ1v) is 8.10. The summed E-state index contributed by atoms with van der Waals surface area (Å²) in [6.07, 6.45) is -0.657. The molecule has 6 heteroatoms. The smallest absolute Gasteiger partial charge is 0.410 e. The summed E-state index contributed by atoms with van der Waals surface area (Å²) < 4.78 is 6.20. The molecule has 1 atom stereocenters. The third-order valence-corrected chi connectivity index (χ3v) is 4.10. The minimum Gasteiger partial charge on any atom is -0.480 e. The Labute approximate surface area is 145 Å². The van der Waals surface area contributed by atoms with Crippen molar-refractivity contribution < 1.29 is 19.4 Å². The third kappa shape index (κ3) is 4.96. The van der Waals surface area contributed by atoms with E-state index in [1.807, 2.05) is 24.3 Å². The molecule has 128 valence electrons. The van der Waals surface area contributed by atoms with Crippen molar-refractivity contribution in [3.8, 4) is 0 Å². The van der Waals surface area contributed by atoms with Crippen LogP contribution >= 0.6 is 15.9 Å². The minimum absolute atomic E-state index is 0.657. The topological polar surface area (TPSA) is 66.8 Å². The quantitative estimate of drug-likeness (QED) is 0.848. The molecule has 0 aliphatic carbocycles. The predicted molar refractivity (Wildman–Crippen MR) is 92.6 cm³/mol.